The van der Waals surface area contributed by atoms with Gasteiger partial charge in [0.2, 0.25) is 0 Å². The van der Waals surface area contributed by atoms with Crippen molar-refractivity contribution in [3.05, 3.63) is 59.2 Å². The number of urea groups is 1. The average Bonchev–Trinajstić information content (AvgIpc) is 2.46. The van der Waals surface area contributed by atoms with Gasteiger partial charge in [0.25, 0.3) is 0 Å². The normalized spacial score (nSPS) is 10.3. The van der Waals surface area contributed by atoms with Crippen molar-refractivity contribution < 1.29 is 18.3 Å². The Kier molecular flexibility index (Phi) is 5.51. The molecule has 0 atom stereocenters. The Morgan fingerprint density at radius 3 is 2.39 bits per heavy atom. The van der Waals surface area contributed by atoms with E-state index in [0.717, 1.165) is 29.0 Å². The number of hydrogen-bond donors (Lipinski definition) is 2. The van der Waals surface area contributed by atoms with Crippen LogP contribution in [-0.2, 0) is 0 Å². The van der Waals surface area contributed by atoms with Crippen LogP contribution in [0.5, 0.6) is 5.75 Å². The molecule has 0 aliphatic heterocycles. The number of nitrogens with one attached hydrogen (secondary N) is 2. The number of amides is 2. The smallest absolute Gasteiger partial charge is 0.319 e. The second-order valence-electron chi connectivity index (χ2n) is 5.18. The zero-order valence-corrected chi connectivity index (χ0v) is 13.0. The summed E-state index contributed by atoms with van der Waals surface area (Å²) in [5.41, 5.74) is 2.38. The minimum absolute atomic E-state index is 0.177. The number of anilines is 1. The highest BCUT2D eigenvalue weighted by Gasteiger charge is 2.05. The third-order valence-electron chi connectivity index (χ3n) is 3.03. The molecule has 2 amide bonds. The molecule has 0 saturated carbocycles. The first-order chi connectivity index (χ1) is 10.9. The first-order valence-corrected chi connectivity index (χ1v) is 7.15. The van der Waals surface area contributed by atoms with Gasteiger partial charge in [0.05, 0.1) is 6.54 Å². The van der Waals surface area contributed by atoms with Crippen LogP contribution in [0.4, 0.5) is 19.3 Å². The molecule has 0 aliphatic rings. The molecule has 0 heterocycles. The van der Waals surface area contributed by atoms with Crippen molar-refractivity contribution in [1.29, 1.82) is 0 Å². The predicted octanol–water partition coefficient (Wildman–Crippen LogP) is 3.78. The summed E-state index contributed by atoms with van der Waals surface area (Å²) >= 11 is 0. The average molecular weight is 320 g/mol. The molecule has 2 N–H and O–H groups in total. The molecule has 122 valence electrons. The SMILES string of the molecule is Cc1cc(C)cc(OCCNC(=O)Nc2ccc(F)c(F)c2)c1. The van der Waals surface area contributed by atoms with E-state index in [1.165, 1.54) is 6.07 Å². The van der Waals surface area contributed by atoms with E-state index < -0.39 is 17.7 Å². The molecule has 0 fully saturated rings. The monoisotopic (exact) mass is 320 g/mol. The van der Waals surface area contributed by atoms with Gasteiger partial charge in [0.1, 0.15) is 12.4 Å². The molecular formula is C17H18F2N2O2. The fourth-order valence-electron chi connectivity index (χ4n) is 2.10. The fourth-order valence-corrected chi connectivity index (χ4v) is 2.10. The van der Waals surface area contributed by atoms with Gasteiger partial charge in [-0.1, -0.05) is 6.07 Å². The van der Waals surface area contributed by atoms with Crippen molar-refractivity contribution in [2.75, 3.05) is 18.5 Å². The first kappa shape index (κ1) is 16.7. The van der Waals surface area contributed by atoms with E-state index in [1.807, 2.05) is 32.0 Å². The maximum absolute atomic E-state index is 13.0. The summed E-state index contributed by atoms with van der Waals surface area (Å²) in [5, 5.41) is 4.99. The van der Waals surface area contributed by atoms with Crippen LogP contribution in [-0.4, -0.2) is 19.2 Å². The first-order valence-electron chi connectivity index (χ1n) is 7.15. The minimum Gasteiger partial charge on any atom is -0.492 e. The van der Waals surface area contributed by atoms with E-state index >= 15 is 0 Å². The number of carbonyl (C=O) groups excluding carboxylic acids is 1. The topological polar surface area (TPSA) is 50.4 Å². The van der Waals surface area contributed by atoms with Gasteiger partial charge < -0.3 is 15.4 Å². The molecule has 0 bridgehead atoms. The second kappa shape index (κ2) is 7.58. The Hall–Kier alpha value is -2.63. The Morgan fingerprint density at radius 1 is 1.04 bits per heavy atom. The van der Waals surface area contributed by atoms with Gasteiger partial charge >= 0.3 is 6.03 Å². The second-order valence-corrected chi connectivity index (χ2v) is 5.18. The summed E-state index contributed by atoms with van der Waals surface area (Å²) in [6.45, 7) is 4.54. The third kappa shape index (κ3) is 5.25. The lowest BCUT2D eigenvalue weighted by Crippen LogP contribution is -2.32. The van der Waals surface area contributed by atoms with Gasteiger partial charge in [-0.3, -0.25) is 0 Å². The molecule has 2 aromatic carbocycles. The number of carbonyl (C=O) groups is 1. The van der Waals surface area contributed by atoms with Crippen molar-refractivity contribution in [2.24, 2.45) is 0 Å². The minimum atomic E-state index is -1.01. The molecule has 0 unspecified atom stereocenters. The van der Waals surface area contributed by atoms with Gasteiger partial charge in [-0.15, -0.1) is 0 Å². The van der Waals surface area contributed by atoms with E-state index in [1.54, 1.807) is 0 Å². The van der Waals surface area contributed by atoms with Crippen LogP contribution < -0.4 is 15.4 Å². The van der Waals surface area contributed by atoms with Crippen LogP contribution in [0.25, 0.3) is 0 Å². The summed E-state index contributed by atoms with van der Waals surface area (Å²) in [6.07, 6.45) is 0. The van der Waals surface area contributed by atoms with Crippen molar-refractivity contribution in [1.82, 2.24) is 5.32 Å². The highest BCUT2D eigenvalue weighted by molar-refractivity contribution is 5.89. The predicted molar refractivity (Wildman–Crippen MR) is 84.8 cm³/mol. The molecule has 0 aliphatic carbocycles. The molecular weight excluding hydrogens is 302 g/mol. The summed E-state index contributed by atoms with van der Waals surface area (Å²) in [4.78, 5) is 11.6. The molecule has 0 saturated heterocycles. The standard InChI is InChI=1S/C17H18F2N2O2/c1-11-7-12(2)9-14(8-11)23-6-5-20-17(22)21-13-3-4-15(18)16(19)10-13/h3-4,7-10H,5-6H2,1-2H3,(H2,20,21,22). The van der Waals surface area contributed by atoms with Gasteiger partial charge in [0.15, 0.2) is 11.6 Å². The van der Waals surface area contributed by atoms with Crippen LogP contribution in [0.1, 0.15) is 11.1 Å². The summed E-state index contributed by atoms with van der Waals surface area (Å²) in [7, 11) is 0. The molecule has 0 radical (unpaired) electrons. The zero-order valence-electron chi connectivity index (χ0n) is 13.0. The molecule has 4 nitrogen and oxygen atoms in total. The number of rotatable bonds is 5. The number of benzene rings is 2. The maximum atomic E-state index is 13.0. The zero-order chi connectivity index (χ0) is 16.8. The lowest BCUT2D eigenvalue weighted by molar-refractivity contribution is 0.247. The van der Waals surface area contributed by atoms with Crippen molar-refractivity contribution in [3.63, 3.8) is 0 Å². The van der Waals surface area contributed by atoms with E-state index in [-0.39, 0.29) is 12.2 Å². The van der Waals surface area contributed by atoms with E-state index in [0.29, 0.717) is 6.61 Å². The summed E-state index contributed by atoms with van der Waals surface area (Å²) in [5.74, 6) is -1.23. The quantitative estimate of drug-likeness (QED) is 0.824. The number of halogens is 2. The summed E-state index contributed by atoms with van der Waals surface area (Å²) < 4.78 is 31.4. The highest BCUT2D eigenvalue weighted by atomic mass is 19.2. The van der Waals surface area contributed by atoms with Crippen LogP contribution in [0.3, 0.4) is 0 Å². The fraction of sp³-hybridized carbons (Fsp3) is 0.235. The largest absolute Gasteiger partial charge is 0.492 e. The summed E-state index contributed by atoms with van der Waals surface area (Å²) in [6, 6.07) is 8.50. The number of aryl methyl sites for hydroxylation is 2. The Morgan fingerprint density at radius 2 is 1.74 bits per heavy atom. The van der Waals surface area contributed by atoms with Crippen LogP contribution in [0.15, 0.2) is 36.4 Å². The Bertz CT molecular complexity index is 685. The molecule has 6 heteroatoms. The lowest BCUT2D eigenvalue weighted by atomic mass is 10.1. The van der Waals surface area contributed by atoms with Gasteiger partial charge in [-0.25, -0.2) is 13.6 Å². The van der Waals surface area contributed by atoms with Crippen molar-refractivity contribution >= 4 is 11.7 Å². The lowest BCUT2D eigenvalue weighted by Gasteiger charge is -2.10. The van der Waals surface area contributed by atoms with Gasteiger partial charge in [0, 0.05) is 11.8 Å². The van der Waals surface area contributed by atoms with Crippen LogP contribution in [0.2, 0.25) is 0 Å². The van der Waals surface area contributed by atoms with E-state index in [9.17, 15) is 13.6 Å². The van der Waals surface area contributed by atoms with Crippen molar-refractivity contribution in [2.45, 2.75) is 13.8 Å². The highest BCUT2D eigenvalue weighted by Crippen LogP contribution is 2.16. The maximum Gasteiger partial charge on any atom is 0.319 e. The molecule has 23 heavy (non-hydrogen) atoms. The molecule has 0 aromatic heterocycles. The molecule has 0 spiro atoms. The molecule has 2 rings (SSSR count). The van der Waals surface area contributed by atoms with Crippen molar-refractivity contribution in [3.8, 4) is 5.75 Å². The van der Waals surface area contributed by atoms with Crippen LogP contribution in [0, 0.1) is 25.5 Å². The number of ether oxygens (including phenoxy) is 1. The van der Waals surface area contributed by atoms with Gasteiger partial charge in [-0.05, 0) is 49.2 Å². The van der Waals surface area contributed by atoms with E-state index in [4.69, 9.17) is 4.74 Å². The molecule has 2 aromatic rings. The Balaban J connectivity index is 1.75. The van der Waals surface area contributed by atoms with Crippen LogP contribution >= 0.6 is 0 Å². The van der Waals surface area contributed by atoms with E-state index in [2.05, 4.69) is 10.6 Å². The Labute approximate surface area is 133 Å². The third-order valence-corrected chi connectivity index (χ3v) is 3.03. The number of hydrogen-bond acceptors (Lipinski definition) is 2. The van der Waals surface area contributed by atoms with Gasteiger partial charge in [-0.2, -0.15) is 0 Å².